The standard InChI is InChI=1S/C23H20N2O4/c1-14-22(28-4)19(21(27)16(12-24)13-25(2)3)10-18-17(11-20(26)29-23(14)18)15-8-6-5-7-9-15/h5-11,13H,1-4H3. The van der Waals surface area contributed by atoms with Crippen LogP contribution in [0.25, 0.3) is 22.1 Å². The van der Waals surface area contributed by atoms with Crippen molar-refractivity contribution >= 4 is 16.8 Å². The summed E-state index contributed by atoms with van der Waals surface area (Å²) in [7, 11) is 4.90. The molecule has 1 heterocycles. The molecule has 6 heteroatoms. The van der Waals surface area contributed by atoms with Gasteiger partial charge in [-0.1, -0.05) is 30.3 Å². The molecule has 0 atom stereocenters. The van der Waals surface area contributed by atoms with Gasteiger partial charge in [0, 0.05) is 37.3 Å². The van der Waals surface area contributed by atoms with Gasteiger partial charge in [0.1, 0.15) is 23.0 Å². The fourth-order valence-corrected chi connectivity index (χ4v) is 3.27. The topological polar surface area (TPSA) is 83.5 Å². The van der Waals surface area contributed by atoms with Gasteiger partial charge in [-0.3, -0.25) is 4.79 Å². The monoisotopic (exact) mass is 388 g/mol. The average molecular weight is 388 g/mol. The summed E-state index contributed by atoms with van der Waals surface area (Å²) in [6.45, 7) is 1.72. The first-order chi connectivity index (χ1) is 13.9. The summed E-state index contributed by atoms with van der Waals surface area (Å²) in [6.07, 6.45) is 1.46. The van der Waals surface area contributed by atoms with Gasteiger partial charge >= 0.3 is 5.63 Å². The molecule has 0 bridgehead atoms. The number of ketones is 1. The molecule has 0 amide bonds. The molecule has 0 spiro atoms. The smallest absolute Gasteiger partial charge is 0.336 e. The third-order valence-electron chi connectivity index (χ3n) is 4.50. The molecule has 0 fully saturated rings. The second-order valence-electron chi connectivity index (χ2n) is 6.75. The predicted molar refractivity (Wildman–Crippen MR) is 111 cm³/mol. The van der Waals surface area contributed by atoms with Crippen molar-refractivity contribution in [1.82, 2.24) is 4.90 Å². The van der Waals surface area contributed by atoms with Crippen LogP contribution in [0.5, 0.6) is 5.75 Å². The van der Waals surface area contributed by atoms with Gasteiger partial charge in [0.2, 0.25) is 5.78 Å². The van der Waals surface area contributed by atoms with Crippen molar-refractivity contribution in [2.45, 2.75) is 6.92 Å². The van der Waals surface area contributed by atoms with Gasteiger partial charge in [-0.05, 0) is 24.1 Å². The van der Waals surface area contributed by atoms with Crippen molar-refractivity contribution in [1.29, 1.82) is 5.26 Å². The lowest BCUT2D eigenvalue weighted by atomic mass is 9.94. The Balaban J connectivity index is 2.38. The Hall–Kier alpha value is -3.85. The van der Waals surface area contributed by atoms with E-state index < -0.39 is 11.4 Å². The highest BCUT2D eigenvalue weighted by Gasteiger charge is 2.23. The first kappa shape index (κ1) is 19.9. The summed E-state index contributed by atoms with van der Waals surface area (Å²) in [4.78, 5) is 26.9. The number of hydrogen-bond acceptors (Lipinski definition) is 6. The SMILES string of the molecule is COc1c(C(=O)C(C#N)=CN(C)C)cc2c(-c3ccccc3)cc(=O)oc2c1C. The van der Waals surface area contributed by atoms with Crippen LogP contribution in [0.2, 0.25) is 0 Å². The first-order valence-corrected chi connectivity index (χ1v) is 8.91. The van der Waals surface area contributed by atoms with E-state index in [1.165, 1.54) is 19.4 Å². The molecular weight excluding hydrogens is 368 g/mol. The van der Waals surface area contributed by atoms with Crippen LogP contribution in [-0.4, -0.2) is 31.9 Å². The molecule has 0 radical (unpaired) electrons. The Kier molecular flexibility index (Phi) is 5.51. The number of nitriles is 1. The lowest BCUT2D eigenvalue weighted by Crippen LogP contribution is -2.11. The van der Waals surface area contributed by atoms with Crippen molar-refractivity contribution in [2.24, 2.45) is 0 Å². The zero-order chi connectivity index (χ0) is 21.1. The predicted octanol–water partition coefficient (Wildman–Crippen LogP) is 3.93. The van der Waals surface area contributed by atoms with E-state index in [-0.39, 0.29) is 16.9 Å². The fraction of sp³-hybridized carbons (Fsp3) is 0.174. The maximum absolute atomic E-state index is 13.1. The van der Waals surface area contributed by atoms with E-state index in [4.69, 9.17) is 9.15 Å². The number of fused-ring (bicyclic) bond motifs is 1. The Bertz CT molecular complexity index is 1220. The van der Waals surface area contributed by atoms with E-state index >= 15 is 0 Å². The first-order valence-electron chi connectivity index (χ1n) is 8.91. The highest BCUT2D eigenvalue weighted by molar-refractivity contribution is 6.15. The third kappa shape index (κ3) is 3.76. The largest absolute Gasteiger partial charge is 0.496 e. The van der Waals surface area contributed by atoms with Gasteiger partial charge < -0.3 is 14.1 Å². The van der Waals surface area contributed by atoms with Crippen LogP contribution in [0.1, 0.15) is 15.9 Å². The summed E-state index contributed by atoms with van der Waals surface area (Å²) >= 11 is 0. The van der Waals surface area contributed by atoms with Crippen molar-refractivity contribution < 1.29 is 13.9 Å². The molecule has 0 saturated carbocycles. The lowest BCUT2D eigenvalue weighted by Gasteiger charge is -2.15. The number of benzene rings is 2. The minimum absolute atomic E-state index is 0.0225. The fourth-order valence-electron chi connectivity index (χ4n) is 3.27. The molecule has 0 unspecified atom stereocenters. The molecule has 0 aliphatic heterocycles. The average Bonchev–Trinajstić information content (AvgIpc) is 2.71. The summed E-state index contributed by atoms with van der Waals surface area (Å²) in [5, 5.41) is 10.1. The molecule has 3 rings (SSSR count). The van der Waals surface area contributed by atoms with Gasteiger partial charge in [-0.15, -0.1) is 0 Å². The molecule has 0 saturated heterocycles. The quantitative estimate of drug-likeness (QED) is 0.285. The van der Waals surface area contributed by atoms with Crippen LogP contribution in [0.3, 0.4) is 0 Å². The van der Waals surface area contributed by atoms with Crippen LogP contribution in [0.4, 0.5) is 0 Å². The molecule has 0 N–H and O–H groups in total. The number of Topliss-reactive ketones (excluding diaryl/α,β-unsaturated/α-hetero) is 1. The molecule has 3 aromatic rings. The number of methoxy groups -OCH3 is 1. The molecule has 0 aliphatic carbocycles. The van der Waals surface area contributed by atoms with E-state index in [1.54, 1.807) is 32.0 Å². The zero-order valence-corrected chi connectivity index (χ0v) is 16.6. The maximum atomic E-state index is 13.1. The van der Waals surface area contributed by atoms with Gasteiger partial charge in [0.05, 0.1) is 12.7 Å². The van der Waals surface area contributed by atoms with Crippen LogP contribution in [0, 0.1) is 18.3 Å². The van der Waals surface area contributed by atoms with E-state index in [2.05, 4.69) is 0 Å². The second-order valence-corrected chi connectivity index (χ2v) is 6.75. The van der Waals surface area contributed by atoms with Gasteiger partial charge in [-0.2, -0.15) is 5.26 Å². The number of nitrogens with zero attached hydrogens (tertiary/aromatic N) is 2. The van der Waals surface area contributed by atoms with E-state index in [9.17, 15) is 14.9 Å². The summed E-state index contributed by atoms with van der Waals surface area (Å²) < 4.78 is 10.9. The number of rotatable bonds is 5. The molecule has 146 valence electrons. The third-order valence-corrected chi connectivity index (χ3v) is 4.50. The van der Waals surface area contributed by atoms with Crippen LogP contribution in [0.15, 0.2) is 63.4 Å². The minimum atomic E-state index is -0.495. The molecule has 2 aromatic carbocycles. The van der Waals surface area contributed by atoms with Crippen LogP contribution < -0.4 is 10.4 Å². The Labute approximate surface area is 168 Å². The van der Waals surface area contributed by atoms with Crippen molar-refractivity contribution in [3.8, 4) is 22.9 Å². The lowest BCUT2D eigenvalue weighted by molar-refractivity contribution is 0.103. The summed E-state index contributed by atoms with van der Waals surface area (Å²) in [5.74, 6) is -0.191. The Morgan fingerprint density at radius 1 is 1.21 bits per heavy atom. The number of allylic oxidation sites excluding steroid dienone is 1. The van der Waals surface area contributed by atoms with Crippen molar-refractivity contribution in [2.75, 3.05) is 21.2 Å². The van der Waals surface area contributed by atoms with E-state index in [0.717, 1.165) is 5.56 Å². The molecule has 6 nitrogen and oxygen atoms in total. The highest BCUT2D eigenvalue weighted by atomic mass is 16.5. The minimum Gasteiger partial charge on any atom is -0.496 e. The molecular formula is C23H20N2O4. The van der Waals surface area contributed by atoms with Gasteiger partial charge in [0.15, 0.2) is 0 Å². The maximum Gasteiger partial charge on any atom is 0.336 e. The number of ether oxygens (including phenoxy) is 1. The van der Waals surface area contributed by atoms with Crippen molar-refractivity contribution in [3.05, 3.63) is 75.8 Å². The van der Waals surface area contributed by atoms with Gasteiger partial charge in [-0.25, -0.2) is 4.79 Å². The van der Waals surface area contributed by atoms with E-state index in [1.807, 2.05) is 36.4 Å². The second kappa shape index (κ2) is 8.03. The highest BCUT2D eigenvalue weighted by Crippen LogP contribution is 2.36. The molecule has 0 aliphatic rings. The number of hydrogen-bond donors (Lipinski definition) is 0. The normalized spacial score (nSPS) is 11.2. The van der Waals surface area contributed by atoms with Crippen molar-refractivity contribution in [3.63, 3.8) is 0 Å². The molecule has 1 aromatic heterocycles. The van der Waals surface area contributed by atoms with Crippen LogP contribution in [-0.2, 0) is 0 Å². The summed E-state index contributed by atoms with van der Waals surface area (Å²) in [6, 6.07) is 14.3. The Morgan fingerprint density at radius 3 is 2.48 bits per heavy atom. The number of carbonyl (C=O) groups is 1. The van der Waals surface area contributed by atoms with Crippen LogP contribution >= 0.6 is 0 Å². The summed E-state index contributed by atoms with van der Waals surface area (Å²) in [5.41, 5.74) is 2.05. The zero-order valence-electron chi connectivity index (χ0n) is 16.6. The number of aryl methyl sites for hydroxylation is 1. The molecule has 29 heavy (non-hydrogen) atoms. The number of carbonyl (C=O) groups excluding carboxylic acids is 1. The Morgan fingerprint density at radius 2 is 1.90 bits per heavy atom. The van der Waals surface area contributed by atoms with Gasteiger partial charge in [0.25, 0.3) is 0 Å². The van der Waals surface area contributed by atoms with E-state index in [0.29, 0.717) is 22.1 Å².